The topological polar surface area (TPSA) is 253 Å². The monoisotopic (exact) mass is 1010 g/mol. The summed E-state index contributed by atoms with van der Waals surface area (Å²) in [5, 5.41) is 51.7. The fraction of sp³-hybridized carbons (Fsp3) is 0.545. The molecule has 3 saturated carbocycles. The van der Waals surface area contributed by atoms with Crippen molar-refractivity contribution < 1.29 is 87.0 Å². The van der Waals surface area contributed by atoms with E-state index in [9.17, 15) is 44.4 Å². The van der Waals surface area contributed by atoms with Gasteiger partial charge in [0.1, 0.15) is 59.5 Å². The average molecular weight is 1010 g/mol. The molecule has 7 aliphatic rings. The minimum atomic E-state index is -2.60. The first-order chi connectivity index (χ1) is 34.8. The number of hydrogen-bond donors (Lipinski definition) is 4. The van der Waals surface area contributed by atoms with Crippen molar-refractivity contribution in [2.24, 2.45) is 35.5 Å². The van der Waals surface area contributed by atoms with Gasteiger partial charge in [-0.2, -0.15) is 0 Å². The highest BCUT2D eigenvalue weighted by Gasteiger charge is 2.91. The predicted molar refractivity (Wildman–Crippen MR) is 252 cm³/mol. The van der Waals surface area contributed by atoms with Crippen molar-refractivity contribution in [2.75, 3.05) is 13.2 Å². The smallest absolute Gasteiger partial charge is 0.338 e. The Morgan fingerprint density at radius 3 is 1.81 bits per heavy atom. The van der Waals surface area contributed by atoms with Crippen molar-refractivity contribution in [1.29, 1.82) is 0 Å². The molecule has 73 heavy (non-hydrogen) atoms. The summed E-state index contributed by atoms with van der Waals surface area (Å²) in [5.41, 5.74) is -7.09. The minimum Gasteiger partial charge on any atom is -0.465 e. The second-order valence-corrected chi connectivity index (χ2v) is 21.1. The van der Waals surface area contributed by atoms with Crippen LogP contribution in [0, 0.1) is 35.5 Å². The number of aliphatic hydroxyl groups excluding tert-OH is 3. The summed E-state index contributed by atoms with van der Waals surface area (Å²) in [5.74, 6) is -12.6. The van der Waals surface area contributed by atoms with E-state index in [0.717, 1.165) is 6.92 Å². The Hall–Kier alpha value is -5.57. The molecule has 1 unspecified atom stereocenters. The molecule has 2 spiro atoms. The lowest BCUT2D eigenvalue weighted by molar-refractivity contribution is -0.459. The molecule has 7 fully saturated rings. The van der Waals surface area contributed by atoms with Crippen LogP contribution < -0.4 is 0 Å². The van der Waals surface area contributed by atoms with Gasteiger partial charge in [0, 0.05) is 31.6 Å². The van der Waals surface area contributed by atoms with E-state index in [1.807, 2.05) is 0 Å². The first kappa shape index (κ1) is 50.9. The van der Waals surface area contributed by atoms with Crippen LogP contribution in [0.2, 0.25) is 0 Å². The zero-order valence-electron chi connectivity index (χ0n) is 41.2. The number of aliphatic hydroxyl groups is 4. The van der Waals surface area contributed by atoms with Crippen LogP contribution in [0.3, 0.4) is 0 Å². The van der Waals surface area contributed by atoms with Crippen molar-refractivity contribution in [3.63, 3.8) is 0 Å². The molecule has 390 valence electrons. The number of epoxide rings is 1. The number of hydrogen-bond acceptors (Lipinski definition) is 18. The number of benzene rings is 3. The van der Waals surface area contributed by atoms with Crippen molar-refractivity contribution >= 4 is 29.8 Å². The summed E-state index contributed by atoms with van der Waals surface area (Å²) in [6, 6.07) is 24.2. The summed E-state index contributed by atoms with van der Waals surface area (Å²) in [4.78, 5) is 69.2. The Labute approximate surface area is 421 Å². The molecule has 0 aromatic heterocycles. The van der Waals surface area contributed by atoms with Crippen LogP contribution >= 0.6 is 0 Å². The largest absolute Gasteiger partial charge is 0.465 e. The van der Waals surface area contributed by atoms with E-state index in [0.29, 0.717) is 5.57 Å². The molecule has 3 aromatic carbocycles. The molecule has 3 aliphatic carbocycles. The van der Waals surface area contributed by atoms with Crippen molar-refractivity contribution in [3.8, 4) is 0 Å². The highest BCUT2D eigenvalue weighted by atomic mass is 16.9. The molecule has 10 rings (SSSR count). The predicted octanol–water partition coefficient (Wildman–Crippen LogP) is 4.25. The molecule has 0 amide bonds. The third-order valence-electron chi connectivity index (χ3n) is 17.0. The molecule has 18 nitrogen and oxygen atoms in total. The molecule has 3 aromatic rings. The fourth-order valence-electron chi connectivity index (χ4n) is 14.0. The first-order valence-corrected chi connectivity index (χ1v) is 25.0. The molecule has 4 aliphatic heterocycles. The van der Waals surface area contributed by atoms with Crippen LogP contribution in [0.4, 0.5) is 0 Å². The number of esters is 5. The molecular weight excluding hydrogens is 949 g/mol. The van der Waals surface area contributed by atoms with E-state index in [-0.39, 0.29) is 49.0 Å². The molecule has 19 atom stereocenters. The number of ether oxygens (including phenoxy) is 9. The molecular formula is C55H62O18. The SMILES string of the molecule is C=C(C)[C@]12C[C@@H](COC(C)=O)[C@@]34O[C@]5(O[C@@H]1[C@@H]3[C@@H]1O[C@]1(CO)[C@@H](O)[C@]1(O)C(OC(=O)c3ccccc3)[C@@H](C)[C@H]([C@H](C)C[C@H](OC(=O)c3ccccc3)[C@H](OC(C)=O)[C@@H](OC(=O)c3ccccc3)CC[C@@H]5O)[C@H]14)O2. The van der Waals surface area contributed by atoms with Crippen LogP contribution in [0.15, 0.2) is 103 Å². The van der Waals surface area contributed by atoms with Crippen LogP contribution in [0.25, 0.3) is 0 Å². The summed E-state index contributed by atoms with van der Waals surface area (Å²) in [7, 11) is 0. The lowest BCUT2D eigenvalue weighted by Gasteiger charge is -2.62. The van der Waals surface area contributed by atoms with E-state index in [2.05, 4.69) is 6.58 Å². The lowest BCUT2D eigenvalue weighted by atomic mass is 9.51. The van der Waals surface area contributed by atoms with Crippen LogP contribution in [0.5, 0.6) is 0 Å². The number of fused-ring (bicyclic) bond motifs is 1. The summed E-state index contributed by atoms with van der Waals surface area (Å²) < 4.78 is 59.1. The average Bonchev–Trinajstić information content (AvgIpc) is 4.01. The first-order valence-electron chi connectivity index (χ1n) is 25.0. The van der Waals surface area contributed by atoms with Gasteiger partial charge in [-0.3, -0.25) is 9.59 Å². The van der Waals surface area contributed by atoms with Gasteiger partial charge >= 0.3 is 35.8 Å². The van der Waals surface area contributed by atoms with Gasteiger partial charge in [0.05, 0.1) is 35.5 Å². The van der Waals surface area contributed by atoms with Gasteiger partial charge in [-0.15, -0.1) is 0 Å². The highest BCUT2D eigenvalue weighted by molar-refractivity contribution is 5.90. The van der Waals surface area contributed by atoms with Crippen LogP contribution in [0.1, 0.15) is 91.4 Å². The second kappa shape index (κ2) is 18.7. The van der Waals surface area contributed by atoms with Gasteiger partial charge < -0.3 is 63.1 Å². The summed E-state index contributed by atoms with van der Waals surface area (Å²) in [6.45, 7) is 10.8. The van der Waals surface area contributed by atoms with E-state index in [1.165, 1.54) is 31.2 Å². The molecule has 4 N–H and O–H groups in total. The maximum atomic E-state index is 14.4. The zero-order chi connectivity index (χ0) is 52.0. The number of rotatable bonds is 11. The molecule has 0 radical (unpaired) electrons. The zero-order valence-corrected chi connectivity index (χ0v) is 41.2. The Kier molecular flexibility index (Phi) is 13.0. The van der Waals surface area contributed by atoms with Crippen molar-refractivity contribution in [1.82, 2.24) is 0 Å². The van der Waals surface area contributed by atoms with Gasteiger partial charge in [0.2, 0.25) is 0 Å². The van der Waals surface area contributed by atoms with Crippen LogP contribution in [-0.4, -0.2) is 141 Å². The Morgan fingerprint density at radius 1 is 0.712 bits per heavy atom. The number of carbonyl (C=O) groups is 5. The second-order valence-electron chi connectivity index (χ2n) is 21.1. The minimum absolute atomic E-state index is 0.0279. The van der Waals surface area contributed by atoms with Crippen LogP contribution in [-0.2, 0) is 52.2 Å². The summed E-state index contributed by atoms with van der Waals surface area (Å²) >= 11 is 0. The standard InChI is InChI=1S/C55H62O18/c1-28(2)51-25-36(26-65-31(5)57)54-41-45(51)71-55(72-51,73-54)39(59)23-22-37(67-47(60)33-16-10-7-11-17-33)42(66-32(6)58)38(68-48(61)34-18-12-8-13-19-34)24-29(3)40-30(4)44(69-49(62)35-20-14-9-15-21-35)53(64,43(40)54)50(63)52(27-56)46(41)70-52/h7-21,29-30,36-46,50,56,59,63-64H,1,22-27H2,2-6H3/t29-,30+,36+,37+,38+,39+,40+,41-,42-,43-,44?,45-,46+,50-,51-,52+,53-,54-,55-/m1/s1. The number of carbonyl (C=O) groups excluding carboxylic acids is 5. The van der Waals surface area contributed by atoms with Crippen molar-refractivity contribution in [2.45, 2.75) is 138 Å². The summed E-state index contributed by atoms with van der Waals surface area (Å²) in [6.07, 6.45) is -13.0. The molecule has 3 bridgehead atoms. The van der Waals surface area contributed by atoms with Gasteiger partial charge in [0.25, 0.3) is 0 Å². The van der Waals surface area contributed by atoms with E-state index >= 15 is 0 Å². The fourth-order valence-corrected chi connectivity index (χ4v) is 14.0. The third-order valence-corrected chi connectivity index (χ3v) is 17.0. The normalized spacial score (nSPS) is 41.8. The van der Waals surface area contributed by atoms with Gasteiger partial charge in [-0.05, 0) is 92.3 Å². The molecule has 4 saturated heterocycles. The maximum absolute atomic E-state index is 14.4. The molecule has 4 heterocycles. The van der Waals surface area contributed by atoms with Gasteiger partial charge in [-0.25, -0.2) is 14.4 Å². The quantitative estimate of drug-likeness (QED) is 0.0907. The lowest BCUT2D eigenvalue weighted by Crippen LogP contribution is -2.75. The Morgan fingerprint density at radius 2 is 1.27 bits per heavy atom. The van der Waals surface area contributed by atoms with Gasteiger partial charge in [-0.1, -0.05) is 75.0 Å². The van der Waals surface area contributed by atoms with E-state index in [1.54, 1.807) is 87.5 Å². The Balaban J connectivity index is 1.22. The van der Waals surface area contributed by atoms with Crippen molar-refractivity contribution in [3.05, 3.63) is 120 Å². The van der Waals surface area contributed by atoms with E-state index in [4.69, 9.17) is 42.6 Å². The van der Waals surface area contributed by atoms with E-state index < -0.39 is 149 Å². The third kappa shape index (κ3) is 7.93. The highest BCUT2D eigenvalue weighted by Crippen LogP contribution is 2.76. The Bertz CT molecular complexity index is 2630. The van der Waals surface area contributed by atoms with Gasteiger partial charge in [0.15, 0.2) is 6.10 Å². The maximum Gasteiger partial charge on any atom is 0.338 e. The molecule has 18 heteroatoms.